The molecule has 0 N–H and O–H groups in total. The highest BCUT2D eigenvalue weighted by Gasteiger charge is 2.16. The first-order valence-corrected chi connectivity index (χ1v) is 8.12. The summed E-state index contributed by atoms with van der Waals surface area (Å²) in [6.45, 7) is 0.394. The molecule has 5 nitrogen and oxygen atoms in total. The molecule has 1 heterocycles. The molecule has 3 rings (SSSR count). The van der Waals surface area contributed by atoms with Crippen LogP contribution >= 0.6 is 11.6 Å². The Hall–Kier alpha value is -2.79. The Morgan fingerprint density at radius 3 is 2.60 bits per heavy atom. The highest BCUT2D eigenvalue weighted by Crippen LogP contribution is 2.20. The summed E-state index contributed by atoms with van der Waals surface area (Å²) in [7, 11) is 3.44. The molecular formula is C19H18ClN3O2. The number of imidazole rings is 1. The molecule has 0 aliphatic rings. The maximum absolute atomic E-state index is 5.91. The van der Waals surface area contributed by atoms with Crippen LogP contribution in [0.5, 0.6) is 5.75 Å². The smallest absolute Gasteiger partial charge is 0.162 e. The van der Waals surface area contributed by atoms with Gasteiger partial charge in [0.25, 0.3) is 0 Å². The van der Waals surface area contributed by atoms with Gasteiger partial charge in [0.1, 0.15) is 19.5 Å². The van der Waals surface area contributed by atoms with Crippen LogP contribution in [-0.2, 0) is 18.5 Å². The number of nitrogens with zero attached hydrogens (tertiary/aromatic N) is 3. The van der Waals surface area contributed by atoms with Gasteiger partial charge in [-0.1, -0.05) is 41.0 Å². The molecule has 128 valence electrons. The van der Waals surface area contributed by atoms with E-state index in [1.54, 1.807) is 18.3 Å². The molecule has 3 aromatic rings. The van der Waals surface area contributed by atoms with Crippen LogP contribution in [-0.4, -0.2) is 22.4 Å². The Balaban J connectivity index is 1.90. The largest absolute Gasteiger partial charge is 0.489 e. The molecule has 0 amide bonds. The number of halogens is 1. The Kier molecular flexibility index (Phi) is 5.36. The zero-order chi connectivity index (χ0) is 17.6. The van der Waals surface area contributed by atoms with Crippen LogP contribution in [0.2, 0.25) is 5.02 Å². The SMILES string of the molecule is CO/N=C(\c1ccccc1COc1ccc(Cl)cc1)c1nccn1C. The number of oxime groups is 1. The van der Waals surface area contributed by atoms with Crippen LogP contribution in [0.1, 0.15) is 17.0 Å². The zero-order valence-electron chi connectivity index (χ0n) is 14.0. The Morgan fingerprint density at radius 2 is 1.92 bits per heavy atom. The highest BCUT2D eigenvalue weighted by atomic mass is 35.5. The summed E-state index contributed by atoms with van der Waals surface area (Å²) < 4.78 is 7.78. The van der Waals surface area contributed by atoms with Gasteiger partial charge in [0, 0.05) is 30.0 Å². The van der Waals surface area contributed by atoms with E-state index in [2.05, 4.69) is 10.1 Å². The van der Waals surface area contributed by atoms with Gasteiger partial charge in [-0.15, -0.1) is 0 Å². The molecule has 0 saturated heterocycles. The molecule has 0 aliphatic carbocycles. The lowest BCUT2D eigenvalue weighted by atomic mass is 10.0. The molecule has 6 heteroatoms. The molecule has 0 radical (unpaired) electrons. The monoisotopic (exact) mass is 355 g/mol. The minimum atomic E-state index is 0.394. The van der Waals surface area contributed by atoms with Crippen LogP contribution in [0.3, 0.4) is 0 Å². The van der Waals surface area contributed by atoms with E-state index in [0.29, 0.717) is 17.3 Å². The van der Waals surface area contributed by atoms with Crippen molar-refractivity contribution in [1.82, 2.24) is 9.55 Å². The standard InChI is InChI=1S/C19H18ClN3O2/c1-23-12-11-21-19(23)18(22-24-2)17-6-4-3-5-14(17)13-25-16-9-7-15(20)8-10-16/h3-12H,13H2,1-2H3/b22-18+. The second-order valence-electron chi connectivity index (χ2n) is 5.38. The van der Waals surface area contributed by atoms with Gasteiger partial charge in [-0.2, -0.15) is 0 Å². The summed E-state index contributed by atoms with van der Waals surface area (Å²) in [6, 6.07) is 15.2. The first kappa shape index (κ1) is 17.0. The molecule has 0 fully saturated rings. The summed E-state index contributed by atoms with van der Waals surface area (Å²) in [6.07, 6.45) is 3.60. The molecule has 0 unspecified atom stereocenters. The molecule has 0 spiro atoms. The number of ether oxygens (including phenoxy) is 1. The van der Waals surface area contributed by atoms with Gasteiger partial charge >= 0.3 is 0 Å². The summed E-state index contributed by atoms with van der Waals surface area (Å²) in [5.74, 6) is 1.47. The molecule has 0 atom stereocenters. The molecule has 2 aromatic carbocycles. The first-order valence-electron chi connectivity index (χ1n) is 7.74. The van der Waals surface area contributed by atoms with Crippen molar-refractivity contribution in [2.24, 2.45) is 12.2 Å². The molecule has 0 aliphatic heterocycles. The van der Waals surface area contributed by atoms with Crippen molar-refractivity contribution in [3.05, 3.63) is 82.9 Å². The fourth-order valence-corrected chi connectivity index (χ4v) is 2.59. The second kappa shape index (κ2) is 7.85. The lowest BCUT2D eigenvalue weighted by molar-refractivity contribution is 0.213. The predicted octanol–water partition coefficient (Wildman–Crippen LogP) is 4.05. The fraction of sp³-hybridized carbons (Fsp3) is 0.158. The lowest BCUT2D eigenvalue weighted by Gasteiger charge is -2.13. The van der Waals surface area contributed by atoms with Crippen molar-refractivity contribution in [3.63, 3.8) is 0 Å². The van der Waals surface area contributed by atoms with E-state index >= 15 is 0 Å². The number of hydrogen-bond acceptors (Lipinski definition) is 4. The topological polar surface area (TPSA) is 48.6 Å². The van der Waals surface area contributed by atoms with E-state index in [9.17, 15) is 0 Å². The Labute approximate surface area is 151 Å². The lowest BCUT2D eigenvalue weighted by Crippen LogP contribution is -2.14. The summed E-state index contributed by atoms with van der Waals surface area (Å²) in [4.78, 5) is 9.42. The van der Waals surface area contributed by atoms with Crippen molar-refractivity contribution in [2.75, 3.05) is 7.11 Å². The molecule has 1 aromatic heterocycles. The van der Waals surface area contributed by atoms with Crippen molar-refractivity contribution < 1.29 is 9.57 Å². The summed E-state index contributed by atoms with van der Waals surface area (Å²) in [5.41, 5.74) is 2.55. The van der Waals surface area contributed by atoms with Crippen LogP contribution < -0.4 is 4.74 Å². The van der Waals surface area contributed by atoms with Gasteiger partial charge in [-0.05, 0) is 29.8 Å². The van der Waals surface area contributed by atoms with E-state index in [-0.39, 0.29) is 0 Å². The van der Waals surface area contributed by atoms with E-state index in [1.807, 2.05) is 54.2 Å². The summed E-state index contributed by atoms with van der Waals surface area (Å²) >= 11 is 5.91. The molecule has 0 bridgehead atoms. The molecular weight excluding hydrogens is 338 g/mol. The fourth-order valence-electron chi connectivity index (χ4n) is 2.46. The molecule has 0 saturated carbocycles. The third-order valence-corrected chi connectivity index (χ3v) is 3.95. The third kappa shape index (κ3) is 4.00. The van der Waals surface area contributed by atoms with E-state index < -0.39 is 0 Å². The maximum atomic E-state index is 5.91. The van der Waals surface area contributed by atoms with Crippen LogP contribution in [0.15, 0.2) is 66.1 Å². The van der Waals surface area contributed by atoms with Crippen molar-refractivity contribution >= 4 is 17.3 Å². The van der Waals surface area contributed by atoms with Crippen molar-refractivity contribution in [1.29, 1.82) is 0 Å². The van der Waals surface area contributed by atoms with Crippen LogP contribution in [0.4, 0.5) is 0 Å². The normalized spacial score (nSPS) is 11.4. The number of aryl methyl sites for hydroxylation is 1. The number of hydrogen-bond donors (Lipinski definition) is 0. The van der Waals surface area contributed by atoms with Crippen molar-refractivity contribution in [3.8, 4) is 5.75 Å². The summed E-state index contributed by atoms with van der Waals surface area (Å²) in [5, 5.41) is 4.86. The van der Waals surface area contributed by atoms with Gasteiger partial charge in [0.15, 0.2) is 11.5 Å². The quantitative estimate of drug-likeness (QED) is 0.495. The highest BCUT2D eigenvalue weighted by molar-refractivity contribution is 6.30. The Morgan fingerprint density at radius 1 is 1.16 bits per heavy atom. The average molecular weight is 356 g/mol. The van der Waals surface area contributed by atoms with E-state index in [0.717, 1.165) is 22.7 Å². The maximum Gasteiger partial charge on any atom is 0.162 e. The molecule has 25 heavy (non-hydrogen) atoms. The van der Waals surface area contributed by atoms with Gasteiger partial charge in [-0.25, -0.2) is 4.98 Å². The van der Waals surface area contributed by atoms with Crippen LogP contribution in [0, 0.1) is 0 Å². The average Bonchev–Trinajstić information content (AvgIpc) is 3.05. The third-order valence-electron chi connectivity index (χ3n) is 3.70. The Bertz CT molecular complexity index is 872. The predicted molar refractivity (Wildman–Crippen MR) is 98.1 cm³/mol. The number of aromatic nitrogens is 2. The first-order chi connectivity index (χ1) is 12.2. The van der Waals surface area contributed by atoms with Gasteiger partial charge in [0.05, 0.1) is 0 Å². The van der Waals surface area contributed by atoms with Gasteiger partial charge in [-0.3, -0.25) is 0 Å². The van der Waals surface area contributed by atoms with Gasteiger partial charge in [0.2, 0.25) is 0 Å². The van der Waals surface area contributed by atoms with Crippen molar-refractivity contribution in [2.45, 2.75) is 6.61 Å². The second-order valence-corrected chi connectivity index (χ2v) is 5.82. The number of benzene rings is 2. The van der Waals surface area contributed by atoms with E-state index in [1.165, 1.54) is 7.11 Å². The minimum Gasteiger partial charge on any atom is -0.489 e. The van der Waals surface area contributed by atoms with Crippen LogP contribution in [0.25, 0.3) is 0 Å². The zero-order valence-corrected chi connectivity index (χ0v) is 14.8. The number of rotatable bonds is 6. The van der Waals surface area contributed by atoms with Gasteiger partial charge < -0.3 is 14.1 Å². The van der Waals surface area contributed by atoms with E-state index in [4.69, 9.17) is 21.2 Å². The minimum absolute atomic E-state index is 0.394.